The highest BCUT2D eigenvalue weighted by Crippen LogP contribution is 2.37. The first kappa shape index (κ1) is 27.3. The summed E-state index contributed by atoms with van der Waals surface area (Å²) in [4.78, 5) is 40.5. The molecule has 1 atom stereocenters. The van der Waals surface area contributed by atoms with Crippen LogP contribution in [-0.4, -0.2) is 82.9 Å². The molecule has 0 aliphatic carbocycles. The first-order valence-corrected chi connectivity index (χ1v) is 14.0. The monoisotopic (exact) mass is 594 g/mol. The van der Waals surface area contributed by atoms with Gasteiger partial charge in [-0.25, -0.2) is 14.8 Å². The number of anilines is 2. The third-order valence-corrected chi connectivity index (χ3v) is 8.41. The number of carboxylic acids is 1. The Kier molecular flexibility index (Phi) is 7.23. The van der Waals surface area contributed by atoms with Crippen LogP contribution in [0.15, 0.2) is 59.8 Å². The fraction of sp³-hybridized carbons (Fsp3) is 0.310. The molecule has 212 valence electrons. The maximum absolute atomic E-state index is 13.2. The van der Waals surface area contributed by atoms with Gasteiger partial charge < -0.3 is 29.1 Å². The molecule has 6 rings (SSSR count). The predicted octanol–water partition coefficient (Wildman–Crippen LogP) is 4.19. The van der Waals surface area contributed by atoms with Gasteiger partial charge in [-0.1, -0.05) is 23.2 Å². The summed E-state index contributed by atoms with van der Waals surface area (Å²) in [6, 6.07) is 11.1. The van der Waals surface area contributed by atoms with Gasteiger partial charge >= 0.3 is 5.97 Å². The Morgan fingerprint density at radius 1 is 1.15 bits per heavy atom. The van der Waals surface area contributed by atoms with Crippen LogP contribution in [0.25, 0.3) is 16.6 Å². The van der Waals surface area contributed by atoms with Crippen molar-refractivity contribution in [1.29, 1.82) is 0 Å². The average molecular weight is 595 g/mol. The number of hydrogen-bond acceptors (Lipinski definition) is 8. The van der Waals surface area contributed by atoms with Gasteiger partial charge in [0.1, 0.15) is 23.0 Å². The van der Waals surface area contributed by atoms with Gasteiger partial charge in [0, 0.05) is 43.5 Å². The van der Waals surface area contributed by atoms with E-state index in [9.17, 15) is 14.7 Å². The molecule has 2 saturated heterocycles. The van der Waals surface area contributed by atoms with Crippen LogP contribution in [0.5, 0.6) is 5.88 Å². The highest BCUT2D eigenvalue weighted by atomic mass is 35.5. The van der Waals surface area contributed by atoms with E-state index in [1.807, 2.05) is 18.2 Å². The molecule has 4 aromatic rings. The number of carbonyl (C=O) groups is 1. The van der Waals surface area contributed by atoms with Crippen LogP contribution in [0.2, 0.25) is 10.0 Å². The van der Waals surface area contributed by atoms with E-state index in [0.29, 0.717) is 39.8 Å². The minimum absolute atomic E-state index is 0.0185. The number of aromatic carboxylic acids is 1. The summed E-state index contributed by atoms with van der Waals surface area (Å²) < 4.78 is 7.56. The van der Waals surface area contributed by atoms with Gasteiger partial charge in [-0.2, -0.15) is 0 Å². The molecule has 0 radical (unpaired) electrons. The normalized spacial score (nSPS) is 17.0. The molecule has 3 aromatic heterocycles. The number of halogens is 2. The fourth-order valence-electron chi connectivity index (χ4n) is 5.18. The van der Waals surface area contributed by atoms with Gasteiger partial charge in [0.25, 0.3) is 0 Å². The molecule has 2 aliphatic rings. The second-order valence-electron chi connectivity index (χ2n) is 10.5. The second-order valence-corrected chi connectivity index (χ2v) is 11.3. The van der Waals surface area contributed by atoms with Crippen LogP contribution in [0.3, 0.4) is 0 Å². The summed E-state index contributed by atoms with van der Waals surface area (Å²) in [5, 5.41) is 10.8. The number of hydrogen-bond donors (Lipinski definition) is 1. The summed E-state index contributed by atoms with van der Waals surface area (Å²) in [7, 11) is 4.12. The Balaban J connectivity index is 1.34. The zero-order chi connectivity index (χ0) is 28.8. The van der Waals surface area contributed by atoms with Gasteiger partial charge in [-0.05, 0) is 56.9 Å². The van der Waals surface area contributed by atoms with Crippen molar-refractivity contribution in [2.24, 2.45) is 0 Å². The molecule has 12 heteroatoms. The van der Waals surface area contributed by atoms with Crippen LogP contribution in [0.1, 0.15) is 16.8 Å². The van der Waals surface area contributed by atoms with Crippen molar-refractivity contribution in [2.75, 3.05) is 50.1 Å². The highest BCUT2D eigenvalue weighted by molar-refractivity contribution is 6.34. The van der Waals surface area contributed by atoms with Gasteiger partial charge in [-0.3, -0.25) is 4.79 Å². The minimum atomic E-state index is -1.31. The number of fused-ring (bicyclic) bond motifs is 1. The summed E-state index contributed by atoms with van der Waals surface area (Å²) in [5.74, 6) is -0.0956. The van der Waals surface area contributed by atoms with Gasteiger partial charge in [0.15, 0.2) is 0 Å². The second kappa shape index (κ2) is 10.8. The van der Waals surface area contributed by atoms with Crippen LogP contribution in [0, 0.1) is 0 Å². The molecule has 5 heterocycles. The Hall–Kier alpha value is -3.86. The van der Waals surface area contributed by atoms with Crippen molar-refractivity contribution in [3.63, 3.8) is 0 Å². The van der Waals surface area contributed by atoms with Crippen LogP contribution in [-0.2, 0) is 0 Å². The van der Waals surface area contributed by atoms with Gasteiger partial charge in [-0.15, -0.1) is 0 Å². The fourth-order valence-corrected chi connectivity index (χ4v) is 5.63. The highest BCUT2D eigenvalue weighted by Gasteiger charge is 2.32. The average Bonchev–Trinajstić information content (AvgIpc) is 2.89. The molecule has 2 aliphatic heterocycles. The minimum Gasteiger partial charge on any atom is -0.477 e. The molecule has 1 aromatic carbocycles. The summed E-state index contributed by atoms with van der Waals surface area (Å²) in [6.07, 6.45) is 5.54. The third-order valence-electron chi connectivity index (χ3n) is 7.82. The summed E-state index contributed by atoms with van der Waals surface area (Å²) in [5.41, 5.74) is 0.953. The molecule has 1 unspecified atom stereocenters. The largest absolute Gasteiger partial charge is 0.477 e. The Morgan fingerprint density at radius 2 is 1.95 bits per heavy atom. The van der Waals surface area contributed by atoms with Crippen molar-refractivity contribution in [2.45, 2.75) is 18.5 Å². The number of carboxylic acid groups (broad SMARTS) is 1. The number of likely N-dealkylation sites (N-methyl/N-ethyl adjacent to an activating group) is 1. The molecule has 1 N–H and O–H groups in total. The van der Waals surface area contributed by atoms with Crippen molar-refractivity contribution < 1.29 is 14.6 Å². The lowest BCUT2D eigenvalue weighted by molar-refractivity contribution is 0.0695. The topological polar surface area (TPSA) is 104 Å². The Bertz CT molecular complexity index is 1690. The maximum atomic E-state index is 13.2. The molecule has 41 heavy (non-hydrogen) atoms. The lowest BCUT2D eigenvalue weighted by Gasteiger charge is -2.43. The van der Waals surface area contributed by atoms with E-state index >= 15 is 0 Å². The lowest BCUT2D eigenvalue weighted by atomic mass is 10.0. The van der Waals surface area contributed by atoms with E-state index in [4.69, 9.17) is 27.9 Å². The number of rotatable bonds is 8. The maximum Gasteiger partial charge on any atom is 0.341 e. The molecule has 0 saturated carbocycles. The number of benzene rings is 1. The van der Waals surface area contributed by atoms with Gasteiger partial charge in [0.2, 0.25) is 11.3 Å². The van der Waals surface area contributed by atoms with E-state index in [1.54, 1.807) is 35.2 Å². The van der Waals surface area contributed by atoms with Crippen LogP contribution >= 0.6 is 23.2 Å². The molecular formula is C29H28Cl2N6O4. The lowest BCUT2D eigenvalue weighted by Crippen LogP contribution is -2.57. The SMILES string of the molecule is CN(C)C1CN(c2ccc(-n3cc(C(=O)O)c(=O)c4cc(Cl)c(N5CCC5COc5ncccc5Cl)cc43)cn2)C1. The van der Waals surface area contributed by atoms with Crippen LogP contribution in [0.4, 0.5) is 11.5 Å². The van der Waals surface area contributed by atoms with E-state index < -0.39 is 11.4 Å². The molecule has 0 bridgehead atoms. The van der Waals surface area contributed by atoms with Crippen molar-refractivity contribution in [1.82, 2.24) is 19.4 Å². The van der Waals surface area contributed by atoms with Crippen molar-refractivity contribution >= 4 is 51.6 Å². The standard InChI is InChI=1S/C29H28Cl2N6O4/c1-34(2)19-13-35(14-19)26-6-5-17(12-33-26)37-15-21(29(39)40)27(38)20-10-23(31)25(11-24(20)37)36-9-7-18(36)16-41-28-22(30)4-3-8-32-28/h3-6,8,10-12,15,18-19H,7,9,13-14,16H2,1-2H3,(H,39,40). The number of aromatic nitrogens is 3. The number of pyridine rings is 3. The van der Waals surface area contributed by atoms with E-state index in [0.717, 1.165) is 37.6 Å². The quantitative estimate of drug-likeness (QED) is 0.321. The smallest absolute Gasteiger partial charge is 0.341 e. The summed E-state index contributed by atoms with van der Waals surface area (Å²) in [6.45, 7) is 2.87. The van der Waals surface area contributed by atoms with Crippen LogP contribution < -0.4 is 20.0 Å². The summed E-state index contributed by atoms with van der Waals surface area (Å²) >= 11 is 12.9. The van der Waals surface area contributed by atoms with E-state index in [-0.39, 0.29) is 17.0 Å². The third kappa shape index (κ3) is 5.07. The number of ether oxygens (including phenoxy) is 1. The number of nitrogens with zero attached hydrogens (tertiary/aromatic N) is 6. The van der Waals surface area contributed by atoms with E-state index in [2.05, 4.69) is 38.8 Å². The van der Waals surface area contributed by atoms with E-state index in [1.165, 1.54) is 6.20 Å². The molecule has 2 fully saturated rings. The molecular weight excluding hydrogens is 567 g/mol. The zero-order valence-corrected chi connectivity index (χ0v) is 24.0. The van der Waals surface area contributed by atoms with Crippen molar-refractivity contribution in [3.8, 4) is 11.6 Å². The zero-order valence-electron chi connectivity index (χ0n) is 22.5. The molecule has 0 spiro atoms. The first-order valence-electron chi connectivity index (χ1n) is 13.2. The first-order chi connectivity index (χ1) is 19.7. The predicted molar refractivity (Wildman–Crippen MR) is 159 cm³/mol. The Morgan fingerprint density at radius 3 is 2.59 bits per heavy atom. The Labute approximate surface area is 246 Å². The molecule has 0 amide bonds. The van der Waals surface area contributed by atoms with Gasteiger partial charge in [0.05, 0.1) is 34.2 Å². The van der Waals surface area contributed by atoms with Crippen molar-refractivity contribution in [3.05, 3.63) is 80.8 Å². The molecule has 10 nitrogen and oxygen atoms in total.